The maximum absolute atomic E-state index is 12.5. The molecule has 0 fully saturated rings. The Bertz CT molecular complexity index is 602. The minimum absolute atomic E-state index is 0.0126. The zero-order valence-electron chi connectivity index (χ0n) is 11.7. The molecule has 3 nitrogen and oxygen atoms in total. The van der Waals surface area contributed by atoms with Crippen LogP contribution < -0.4 is 5.32 Å². The van der Waals surface area contributed by atoms with Gasteiger partial charge in [-0.3, -0.25) is 4.79 Å². The minimum atomic E-state index is -0.569. The number of aromatic nitrogens is 1. The molecule has 1 N–H and O–H groups in total. The minimum Gasteiger partial charge on any atom is -0.323 e. The van der Waals surface area contributed by atoms with Gasteiger partial charge in [0.15, 0.2) is 0 Å². The SMILES string of the molecule is Cc1cccc(C(C)(C)C(=O)Nc2csnc2C)c1. The van der Waals surface area contributed by atoms with Gasteiger partial charge in [0, 0.05) is 5.38 Å². The summed E-state index contributed by atoms with van der Waals surface area (Å²) in [4.78, 5) is 12.5. The third kappa shape index (κ3) is 2.84. The molecule has 0 bridgehead atoms. The maximum Gasteiger partial charge on any atom is 0.234 e. The highest BCUT2D eigenvalue weighted by atomic mass is 32.1. The molecule has 0 aliphatic rings. The van der Waals surface area contributed by atoms with Gasteiger partial charge < -0.3 is 5.32 Å². The summed E-state index contributed by atoms with van der Waals surface area (Å²) in [5.41, 5.74) is 3.27. The molecule has 19 heavy (non-hydrogen) atoms. The molecule has 1 aromatic heterocycles. The summed E-state index contributed by atoms with van der Waals surface area (Å²) in [6.45, 7) is 7.80. The lowest BCUT2D eigenvalue weighted by molar-refractivity contribution is -0.120. The summed E-state index contributed by atoms with van der Waals surface area (Å²) >= 11 is 1.35. The van der Waals surface area contributed by atoms with Crippen LogP contribution in [0.15, 0.2) is 29.6 Å². The molecule has 0 aliphatic carbocycles. The van der Waals surface area contributed by atoms with E-state index >= 15 is 0 Å². The van der Waals surface area contributed by atoms with Crippen LogP contribution in [0.25, 0.3) is 0 Å². The lowest BCUT2D eigenvalue weighted by Crippen LogP contribution is -2.34. The Morgan fingerprint density at radius 2 is 2.05 bits per heavy atom. The van der Waals surface area contributed by atoms with Crippen LogP contribution in [0.2, 0.25) is 0 Å². The van der Waals surface area contributed by atoms with Crippen LogP contribution in [0.1, 0.15) is 30.7 Å². The van der Waals surface area contributed by atoms with Gasteiger partial charge in [-0.05, 0) is 44.8 Å². The molecule has 1 heterocycles. The van der Waals surface area contributed by atoms with E-state index in [4.69, 9.17) is 0 Å². The molecule has 0 saturated carbocycles. The molecule has 0 radical (unpaired) electrons. The molecule has 4 heteroatoms. The van der Waals surface area contributed by atoms with Gasteiger partial charge in [-0.1, -0.05) is 29.8 Å². The molecule has 1 amide bonds. The summed E-state index contributed by atoms with van der Waals surface area (Å²) in [7, 11) is 0. The van der Waals surface area contributed by atoms with Crippen molar-refractivity contribution in [2.75, 3.05) is 5.32 Å². The van der Waals surface area contributed by atoms with E-state index < -0.39 is 5.41 Å². The zero-order chi connectivity index (χ0) is 14.0. The Hall–Kier alpha value is -1.68. The first-order valence-corrected chi connectivity index (χ1v) is 7.04. The van der Waals surface area contributed by atoms with Crippen molar-refractivity contribution in [2.24, 2.45) is 0 Å². The molecule has 0 spiro atoms. The third-order valence-electron chi connectivity index (χ3n) is 3.31. The highest BCUT2D eigenvalue weighted by molar-refractivity contribution is 7.04. The van der Waals surface area contributed by atoms with Crippen LogP contribution in [0.3, 0.4) is 0 Å². The Morgan fingerprint density at radius 1 is 1.32 bits per heavy atom. The topological polar surface area (TPSA) is 42.0 Å². The molecule has 0 aliphatic heterocycles. The number of nitrogens with zero attached hydrogens (tertiary/aromatic N) is 1. The van der Waals surface area contributed by atoms with Gasteiger partial charge in [-0.25, -0.2) is 0 Å². The summed E-state index contributed by atoms with van der Waals surface area (Å²) in [5, 5.41) is 4.82. The van der Waals surface area contributed by atoms with Crippen molar-refractivity contribution in [3.8, 4) is 0 Å². The van der Waals surface area contributed by atoms with E-state index in [1.165, 1.54) is 11.5 Å². The average Bonchev–Trinajstić information content (AvgIpc) is 2.75. The van der Waals surface area contributed by atoms with Crippen LogP contribution in [-0.4, -0.2) is 10.3 Å². The number of aryl methyl sites for hydroxylation is 2. The van der Waals surface area contributed by atoms with Crippen LogP contribution >= 0.6 is 11.5 Å². The number of hydrogen-bond acceptors (Lipinski definition) is 3. The Morgan fingerprint density at radius 3 is 2.63 bits per heavy atom. The number of amides is 1. The van der Waals surface area contributed by atoms with E-state index in [0.29, 0.717) is 0 Å². The summed E-state index contributed by atoms with van der Waals surface area (Å²) in [6, 6.07) is 8.06. The number of benzene rings is 1. The van der Waals surface area contributed by atoms with E-state index in [1.807, 2.05) is 51.3 Å². The van der Waals surface area contributed by atoms with Crippen LogP contribution in [0, 0.1) is 13.8 Å². The fourth-order valence-corrected chi connectivity index (χ4v) is 2.50. The average molecular weight is 274 g/mol. The van der Waals surface area contributed by atoms with E-state index in [0.717, 1.165) is 22.5 Å². The predicted molar refractivity (Wildman–Crippen MR) is 79.7 cm³/mol. The second kappa shape index (κ2) is 5.13. The number of carbonyl (C=O) groups is 1. The Kier molecular flexibility index (Phi) is 3.71. The first kappa shape index (κ1) is 13.7. The van der Waals surface area contributed by atoms with E-state index in [2.05, 4.69) is 15.8 Å². The Labute approximate surface area is 117 Å². The van der Waals surface area contributed by atoms with E-state index in [-0.39, 0.29) is 5.91 Å². The number of anilines is 1. The summed E-state index contributed by atoms with van der Waals surface area (Å²) in [5.74, 6) is -0.0126. The van der Waals surface area contributed by atoms with Gasteiger partial charge in [0.2, 0.25) is 5.91 Å². The van der Waals surface area contributed by atoms with Crippen molar-refractivity contribution in [1.29, 1.82) is 0 Å². The van der Waals surface area contributed by atoms with Gasteiger partial charge in [0.05, 0.1) is 16.8 Å². The van der Waals surface area contributed by atoms with Crippen LogP contribution in [-0.2, 0) is 10.2 Å². The molecule has 2 rings (SSSR count). The number of nitrogens with one attached hydrogen (secondary N) is 1. The molecule has 100 valence electrons. The van der Waals surface area contributed by atoms with Gasteiger partial charge in [-0.2, -0.15) is 4.37 Å². The second-order valence-electron chi connectivity index (χ2n) is 5.26. The fraction of sp³-hybridized carbons (Fsp3) is 0.333. The molecule has 1 aromatic carbocycles. The fourth-order valence-electron chi connectivity index (χ4n) is 1.86. The maximum atomic E-state index is 12.5. The van der Waals surface area contributed by atoms with Crippen molar-refractivity contribution in [3.63, 3.8) is 0 Å². The number of rotatable bonds is 3. The number of carbonyl (C=O) groups excluding carboxylic acids is 1. The smallest absolute Gasteiger partial charge is 0.234 e. The second-order valence-corrected chi connectivity index (χ2v) is 5.89. The van der Waals surface area contributed by atoms with E-state index in [1.54, 1.807) is 0 Å². The molecule has 2 aromatic rings. The quantitative estimate of drug-likeness (QED) is 0.927. The van der Waals surface area contributed by atoms with Crippen molar-refractivity contribution in [2.45, 2.75) is 33.1 Å². The summed E-state index contributed by atoms with van der Waals surface area (Å²) < 4.78 is 4.17. The van der Waals surface area contributed by atoms with E-state index in [9.17, 15) is 4.79 Å². The van der Waals surface area contributed by atoms with Gasteiger partial charge >= 0.3 is 0 Å². The molecule has 0 atom stereocenters. The van der Waals surface area contributed by atoms with Crippen molar-refractivity contribution >= 4 is 23.1 Å². The van der Waals surface area contributed by atoms with Crippen molar-refractivity contribution < 1.29 is 4.79 Å². The lowest BCUT2D eigenvalue weighted by Gasteiger charge is -2.24. The number of hydrogen-bond donors (Lipinski definition) is 1. The highest BCUT2D eigenvalue weighted by Crippen LogP contribution is 2.27. The van der Waals surface area contributed by atoms with Gasteiger partial charge in [0.25, 0.3) is 0 Å². The third-order valence-corrected chi connectivity index (χ3v) is 4.03. The highest BCUT2D eigenvalue weighted by Gasteiger charge is 2.30. The van der Waals surface area contributed by atoms with Gasteiger partial charge in [-0.15, -0.1) is 0 Å². The first-order valence-electron chi connectivity index (χ1n) is 6.21. The molecular weight excluding hydrogens is 256 g/mol. The zero-order valence-corrected chi connectivity index (χ0v) is 12.5. The molecular formula is C15H18N2OS. The normalized spacial score (nSPS) is 11.4. The van der Waals surface area contributed by atoms with Crippen molar-refractivity contribution in [3.05, 3.63) is 46.5 Å². The predicted octanol–water partition coefficient (Wildman–Crippen LogP) is 3.68. The molecule has 0 saturated heterocycles. The first-order chi connectivity index (χ1) is 8.91. The lowest BCUT2D eigenvalue weighted by atomic mass is 9.83. The van der Waals surface area contributed by atoms with Crippen LogP contribution in [0.4, 0.5) is 5.69 Å². The van der Waals surface area contributed by atoms with Crippen LogP contribution in [0.5, 0.6) is 0 Å². The summed E-state index contributed by atoms with van der Waals surface area (Å²) in [6.07, 6.45) is 0. The van der Waals surface area contributed by atoms with Crippen molar-refractivity contribution in [1.82, 2.24) is 4.37 Å². The van der Waals surface area contributed by atoms with Gasteiger partial charge in [0.1, 0.15) is 0 Å². The monoisotopic (exact) mass is 274 g/mol. The molecule has 0 unspecified atom stereocenters. The largest absolute Gasteiger partial charge is 0.323 e. The standard InChI is InChI=1S/C15H18N2OS/c1-10-6-5-7-12(8-10)15(3,4)14(18)16-13-9-19-17-11(13)2/h5-9H,1-4H3,(H,16,18). The Balaban J connectivity index is 2.24.